The summed E-state index contributed by atoms with van der Waals surface area (Å²) in [6, 6.07) is 16.1. The van der Waals surface area contributed by atoms with E-state index in [1.165, 1.54) is 5.56 Å². The minimum Gasteiger partial charge on any atom is -0.355 e. The summed E-state index contributed by atoms with van der Waals surface area (Å²) >= 11 is 0. The molecule has 1 aliphatic rings. The second kappa shape index (κ2) is 6.08. The lowest BCUT2D eigenvalue weighted by Gasteiger charge is -2.15. The molecule has 1 saturated carbocycles. The van der Waals surface area contributed by atoms with Gasteiger partial charge >= 0.3 is 0 Å². The maximum absolute atomic E-state index is 12.0. The Morgan fingerprint density at radius 2 is 1.86 bits per heavy atom. The number of aryl methyl sites for hydroxylation is 1. The molecule has 21 heavy (non-hydrogen) atoms. The molecule has 0 radical (unpaired) electrons. The molecular formula is C18H20N2O. The third-order valence-corrected chi connectivity index (χ3v) is 4.17. The van der Waals surface area contributed by atoms with Gasteiger partial charge in [0.25, 0.3) is 0 Å². The smallest absolute Gasteiger partial charge is 0.220 e. The van der Waals surface area contributed by atoms with E-state index in [-0.39, 0.29) is 11.3 Å². The summed E-state index contributed by atoms with van der Waals surface area (Å²) < 4.78 is 0. The number of hydrogen-bond acceptors (Lipinski definition) is 2. The summed E-state index contributed by atoms with van der Waals surface area (Å²) in [6.45, 7) is 0.706. The van der Waals surface area contributed by atoms with Gasteiger partial charge in [-0.1, -0.05) is 36.4 Å². The molecule has 0 saturated heterocycles. The minimum absolute atomic E-state index is 0.0870. The van der Waals surface area contributed by atoms with Gasteiger partial charge in [-0.2, -0.15) is 0 Å². The predicted octanol–water partition coefficient (Wildman–Crippen LogP) is 2.86. The van der Waals surface area contributed by atoms with Gasteiger partial charge in [0, 0.05) is 30.3 Å². The van der Waals surface area contributed by atoms with Crippen molar-refractivity contribution < 1.29 is 4.79 Å². The molecule has 1 fully saturated rings. The molecule has 1 aromatic heterocycles. The van der Waals surface area contributed by atoms with Crippen molar-refractivity contribution in [2.75, 3.05) is 6.54 Å². The topological polar surface area (TPSA) is 42.0 Å². The van der Waals surface area contributed by atoms with Crippen molar-refractivity contribution in [1.29, 1.82) is 0 Å². The molecule has 1 heterocycles. The number of amides is 1. The van der Waals surface area contributed by atoms with Crippen molar-refractivity contribution in [3.8, 4) is 0 Å². The second-order valence-corrected chi connectivity index (χ2v) is 5.76. The average molecular weight is 280 g/mol. The van der Waals surface area contributed by atoms with Gasteiger partial charge in [0.2, 0.25) is 5.91 Å². The van der Waals surface area contributed by atoms with E-state index >= 15 is 0 Å². The fraction of sp³-hybridized carbons (Fsp3) is 0.333. The molecular weight excluding hydrogens is 260 g/mol. The summed E-state index contributed by atoms with van der Waals surface area (Å²) in [6.07, 6.45) is 5.39. The number of carbonyl (C=O) groups excluding carboxylic acids is 1. The first-order chi connectivity index (χ1) is 10.3. The van der Waals surface area contributed by atoms with Crippen LogP contribution >= 0.6 is 0 Å². The summed E-state index contributed by atoms with van der Waals surface area (Å²) in [7, 11) is 0. The van der Waals surface area contributed by atoms with Crippen LogP contribution in [0.3, 0.4) is 0 Å². The molecule has 0 atom stereocenters. The molecule has 3 rings (SSSR count). The van der Waals surface area contributed by atoms with E-state index in [9.17, 15) is 4.79 Å². The van der Waals surface area contributed by atoms with Crippen LogP contribution in [0.1, 0.15) is 30.5 Å². The average Bonchev–Trinajstić information content (AvgIpc) is 3.34. The molecule has 108 valence electrons. The Morgan fingerprint density at radius 1 is 1.10 bits per heavy atom. The molecule has 0 spiro atoms. The summed E-state index contributed by atoms with van der Waals surface area (Å²) in [4.78, 5) is 16.4. The molecule has 3 nitrogen and oxygen atoms in total. The summed E-state index contributed by atoms with van der Waals surface area (Å²) in [5.41, 5.74) is 2.40. The molecule has 2 aromatic rings. The fourth-order valence-corrected chi connectivity index (χ4v) is 2.61. The van der Waals surface area contributed by atoms with Gasteiger partial charge in [-0.25, -0.2) is 0 Å². The number of nitrogens with zero attached hydrogens (tertiary/aromatic N) is 1. The summed E-state index contributed by atoms with van der Waals surface area (Å²) in [5.74, 6) is 0.126. The van der Waals surface area contributed by atoms with Gasteiger partial charge in [0.05, 0.1) is 0 Å². The van der Waals surface area contributed by atoms with Gasteiger partial charge in [0.1, 0.15) is 0 Å². The van der Waals surface area contributed by atoms with Crippen LogP contribution in [-0.4, -0.2) is 17.4 Å². The maximum Gasteiger partial charge on any atom is 0.220 e. The number of nitrogens with one attached hydrogen (secondary N) is 1. The van der Waals surface area contributed by atoms with Crippen LogP contribution in [0.5, 0.6) is 0 Å². The first-order valence-electron chi connectivity index (χ1n) is 7.51. The van der Waals surface area contributed by atoms with Gasteiger partial charge < -0.3 is 5.32 Å². The van der Waals surface area contributed by atoms with Gasteiger partial charge in [-0.05, 0) is 37.0 Å². The zero-order valence-electron chi connectivity index (χ0n) is 12.1. The summed E-state index contributed by atoms with van der Waals surface area (Å²) in [5, 5.41) is 3.08. The molecule has 3 heteroatoms. The predicted molar refractivity (Wildman–Crippen MR) is 82.9 cm³/mol. The number of pyridine rings is 1. The van der Waals surface area contributed by atoms with Gasteiger partial charge in [0.15, 0.2) is 0 Å². The largest absolute Gasteiger partial charge is 0.355 e. The van der Waals surface area contributed by atoms with Crippen LogP contribution in [0.2, 0.25) is 0 Å². The third kappa shape index (κ3) is 3.48. The highest BCUT2D eigenvalue weighted by molar-refractivity contribution is 5.76. The lowest BCUT2D eigenvalue weighted by Crippen LogP contribution is -2.32. The number of aromatic nitrogens is 1. The van der Waals surface area contributed by atoms with Crippen molar-refractivity contribution in [3.05, 3.63) is 66.0 Å². The number of carbonyl (C=O) groups is 1. The highest BCUT2D eigenvalue weighted by Crippen LogP contribution is 2.46. The first-order valence-corrected chi connectivity index (χ1v) is 7.51. The molecule has 0 bridgehead atoms. The van der Waals surface area contributed by atoms with E-state index in [4.69, 9.17) is 0 Å². The van der Waals surface area contributed by atoms with Crippen molar-refractivity contribution in [3.63, 3.8) is 0 Å². The number of benzene rings is 1. The van der Waals surface area contributed by atoms with Crippen molar-refractivity contribution >= 4 is 5.91 Å². The quantitative estimate of drug-likeness (QED) is 0.884. The van der Waals surface area contributed by atoms with E-state index in [2.05, 4.69) is 28.5 Å². The Hall–Kier alpha value is -2.16. The van der Waals surface area contributed by atoms with Crippen LogP contribution in [0.15, 0.2) is 54.7 Å². The number of rotatable bonds is 6. The monoisotopic (exact) mass is 280 g/mol. The molecule has 1 aliphatic carbocycles. The van der Waals surface area contributed by atoms with Crippen LogP contribution in [0, 0.1) is 0 Å². The SMILES string of the molecule is O=C(CCc1ccccc1)NCC1(c2ccccn2)CC1. The highest BCUT2D eigenvalue weighted by atomic mass is 16.1. The zero-order valence-corrected chi connectivity index (χ0v) is 12.1. The Morgan fingerprint density at radius 3 is 2.52 bits per heavy atom. The van der Waals surface area contributed by atoms with Crippen LogP contribution in [-0.2, 0) is 16.6 Å². The van der Waals surface area contributed by atoms with E-state index in [1.807, 2.05) is 36.5 Å². The van der Waals surface area contributed by atoms with E-state index in [0.717, 1.165) is 25.0 Å². The van der Waals surface area contributed by atoms with Crippen LogP contribution in [0.25, 0.3) is 0 Å². The normalized spacial score (nSPS) is 15.4. The zero-order chi connectivity index (χ0) is 14.5. The molecule has 0 unspecified atom stereocenters. The van der Waals surface area contributed by atoms with E-state index in [0.29, 0.717) is 13.0 Å². The Bertz CT molecular complexity index is 591. The highest BCUT2D eigenvalue weighted by Gasteiger charge is 2.45. The second-order valence-electron chi connectivity index (χ2n) is 5.76. The Balaban J connectivity index is 1.48. The van der Waals surface area contributed by atoms with Crippen molar-refractivity contribution in [2.45, 2.75) is 31.1 Å². The Labute approximate surface area is 125 Å². The van der Waals surface area contributed by atoms with E-state index in [1.54, 1.807) is 0 Å². The number of hydrogen-bond donors (Lipinski definition) is 1. The third-order valence-electron chi connectivity index (χ3n) is 4.17. The molecule has 0 aliphatic heterocycles. The van der Waals surface area contributed by atoms with Crippen LogP contribution < -0.4 is 5.32 Å². The van der Waals surface area contributed by atoms with Crippen molar-refractivity contribution in [1.82, 2.24) is 10.3 Å². The van der Waals surface area contributed by atoms with Gasteiger partial charge in [-0.3, -0.25) is 9.78 Å². The maximum atomic E-state index is 12.0. The molecule has 1 N–H and O–H groups in total. The van der Waals surface area contributed by atoms with E-state index < -0.39 is 0 Å². The Kier molecular flexibility index (Phi) is 4.00. The molecule has 1 amide bonds. The lowest BCUT2D eigenvalue weighted by atomic mass is 10.0. The standard InChI is InChI=1S/C18H20N2O/c21-17(10-9-15-6-2-1-3-7-15)20-14-18(11-12-18)16-8-4-5-13-19-16/h1-8,13H,9-12,14H2,(H,20,21). The van der Waals surface area contributed by atoms with Gasteiger partial charge in [-0.15, -0.1) is 0 Å². The minimum atomic E-state index is 0.0870. The van der Waals surface area contributed by atoms with Crippen LogP contribution in [0.4, 0.5) is 0 Å². The molecule has 1 aromatic carbocycles. The lowest BCUT2D eigenvalue weighted by molar-refractivity contribution is -0.121. The first kappa shape index (κ1) is 13.8. The van der Waals surface area contributed by atoms with Crippen molar-refractivity contribution in [2.24, 2.45) is 0 Å². The fourth-order valence-electron chi connectivity index (χ4n) is 2.61.